The van der Waals surface area contributed by atoms with E-state index in [1.54, 1.807) is 18.0 Å². The second-order valence-electron chi connectivity index (χ2n) is 5.63. The van der Waals surface area contributed by atoms with Gasteiger partial charge in [0.1, 0.15) is 18.0 Å². The van der Waals surface area contributed by atoms with Crippen LogP contribution in [-0.4, -0.2) is 51.3 Å². The third-order valence-corrected chi connectivity index (χ3v) is 4.10. The fraction of sp³-hybridized carbons (Fsp3) is 0.733. The summed E-state index contributed by atoms with van der Waals surface area (Å²) in [6.45, 7) is 5.49. The van der Waals surface area contributed by atoms with E-state index in [-0.39, 0.29) is 11.8 Å². The van der Waals surface area contributed by atoms with Crippen LogP contribution in [-0.2, 0) is 16.6 Å². The molecule has 1 saturated heterocycles. The minimum atomic E-state index is -0.636. The number of aryl methyl sites for hydroxylation is 1. The van der Waals surface area contributed by atoms with Gasteiger partial charge in [-0.2, -0.15) is 0 Å². The first kappa shape index (κ1) is 16.0. The maximum atomic E-state index is 12.3. The lowest BCUT2D eigenvalue weighted by atomic mass is 9.91. The lowest BCUT2D eigenvalue weighted by Crippen LogP contribution is -2.46. The number of imidazole rings is 1. The smallest absolute Gasteiger partial charge is 0.251 e. The van der Waals surface area contributed by atoms with Crippen molar-refractivity contribution in [3.63, 3.8) is 0 Å². The molecule has 1 fully saturated rings. The van der Waals surface area contributed by atoms with Crippen LogP contribution in [0.1, 0.15) is 38.6 Å². The Labute approximate surface area is 125 Å². The molecule has 0 spiro atoms. The van der Waals surface area contributed by atoms with E-state index in [1.165, 1.54) is 0 Å². The highest BCUT2D eigenvalue weighted by atomic mass is 16.5. The number of piperidine rings is 1. The van der Waals surface area contributed by atoms with Crippen molar-refractivity contribution in [1.82, 2.24) is 14.5 Å². The zero-order valence-corrected chi connectivity index (χ0v) is 13.0. The minimum Gasteiger partial charge on any atom is -0.385 e. The fourth-order valence-electron chi connectivity index (χ4n) is 2.92. The number of aromatic nitrogens is 2. The maximum absolute atomic E-state index is 12.3. The summed E-state index contributed by atoms with van der Waals surface area (Å²) in [5.74, 6) is 0.693. The Bertz CT molecular complexity index is 474. The van der Waals surface area contributed by atoms with Crippen LogP contribution < -0.4 is 0 Å². The molecule has 1 amide bonds. The van der Waals surface area contributed by atoms with Gasteiger partial charge in [-0.05, 0) is 26.7 Å². The van der Waals surface area contributed by atoms with Crippen molar-refractivity contribution in [2.45, 2.75) is 38.9 Å². The molecule has 21 heavy (non-hydrogen) atoms. The summed E-state index contributed by atoms with van der Waals surface area (Å²) in [5.41, 5.74) is 0. The van der Waals surface area contributed by atoms with E-state index >= 15 is 0 Å². The number of amides is 1. The Morgan fingerprint density at radius 1 is 1.62 bits per heavy atom. The molecule has 3 unspecified atom stereocenters. The Balaban J connectivity index is 2.00. The van der Waals surface area contributed by atoms with E-state index < -0.39 is 12.2 Å². The molecule has 1 aliphatic rings. The molecular formula is C15H25N3O3. The van der Waals surface area contributed by atoms with Gasteiger partial charge in [0.25, 0.3) is 5.91 Å². The van der Waals surface area contributed by atoms with Gasteiger partial charge in [-0.1, -0.05) is 0 Å². The topological polar surface area (TPSA) is 67.6 Å². The molecule has 6 heteroatoms. The van der Waals surface area contributed by atoms with Crippen molar-refractivity contribution < 1.29 is 14.6 Å². The summed E-state index contributed by atoms with van der Waals surface area (Å²) < 4.78 is 7.20. The molecule has 2 rings (SSSR count). The minimum absolute atomic E-state index is 0.00795. The monoisotopic (exact) mass is 295 g/mol. The van der Waals surface area contributed by atoms with Crippen LogP contribution >= 0.6 is 0 Å². The zero-order chi connectivity index (χ0) is 15.4. The Morgan fingerprint density at radius 3 is 3.00 bits per heavy atom. The number of rotatable bonds is 5. The summed E-state index contributed by atoms with van der Waals surface area (Å²) in [5, 5.41) is 10.5. The highest BCUT2D eigenvalue weighted by Crippen LogP contribution is 2.29. The van der Waals surface area contributed by atoms with Crippen molar-refractivity contribution in [3.8, 4) is 0 Å². The van der Waals surface area contributed by atoms with Crippen LogP contribution in [0.15, 0.2) is 12.4 Å². The normalized spacial score (nSPS) is 22.1. The van der Waals surface area contributed by atoms with Gasteiger partial charge in [0.2, 0.25) is 0 Å². The van der Waals surface area contributed by atoms with Crippen LogP contribution in [0.25, 0.3) is 0 Å². The number of aliphatic hydroxyl groups is 1. The average Bonchev–Trinajstić information content (AvgIpc) is 2.92. The van der Waals surface area contributed by atoms with Gasteiger partial charge >= 0.3 is 0 Å². The second kappa shape index (κ2) is 7.04. The summed E-state index contributed by atoms with van der Waals surface area (Å²) in [7, 11) is 1.87. The number of hydrogen-bond acceptors (Lipinski definition) is 4. The van der Waals surface area contributed by atoms with Gasteiger partial charge in [0.05, 0.1) is 0 Å². The number of carbonyl (C=O) groups is 1. The largest absolute Gasteiger partial charge is 0.385 e. The zero-order valence-electron chi connectivity index (χ0n) is 13.0. The molecule has 3 atom stereocenters. The molecule has 1 aromatic rings. The number of hydrogen-bond donors (Lipinski definition) is 1. The Kier molecular flexibility index (Phi) is 5.36. The van der Waals surface area contributed by atoms with Crippen LogP contribution in [0.3, 0.4) is 0 Å². The predicted octanol–water partition coefficient (Wildman–Crippen LogP) is 1.12. The summed E-state index contributed by atoms with van der Waals surface area (Å²) >= 11 is 0. The summed E-state index contributed by atoms with van der Waals surface area (Å²) in [6.07, 6.45) is 4.25. The van der Waals surface area contributed by atoms with Crippen LogP contribution in [0.4, 0.5) is 0 Å². The van der Waals surface area contributed by atoms with Crippen molar-refractivity contribution in [2.24, 2.45) is 13.0 Å². The van der Waals surface area contributed by atoms with Gasteiger partial charge in [-0.15, -0.1) is 0 Å². The second-order valence-corrected chi connectivity index (χ2v) is 5.63. The molecule has 0 aliphatic carbocycles. The van der Waals surface area contributed by atoms with Gasteiger partial charge in [-0.3, -0.25) is 4.79 Å². The summed E-state index contributed by atoms with van der Waals surface area (Å²) in [6, 6.07) is 0. The Hall–Kier alpha value is -1.40. The van der Waals surface area contributed by atoms with Gasteiger partial charge < -0.3 is 19.3 Å². The maximum Gasteiger partial charge on any atom is 0.251 e. The molecule has 0 saturated carbocycles. The molecule has 0 aromatic carbocycles. The number of aliphatic hydroxyl groups excluding tert-OH is 1. The van der Waals surface area contributed by atoms with E-state index in [4.69, 9.17) is 4.74 Å². The average molecular weight is 295 g/mol. The SMILES string of the molecule is CCOC(C)C(=O)N1CCCC(C(O)c2nccn2C)C1. The quantitative estimate of drug-likeness (QED) is 0.884. The Morgan fingerprint density at radius 2 is 2.38 bits per heavy atom. The molecule has 1 aromatic heterocycles. The molecule has 0 radical (unpaired) electrons. The van der Waals surface area contributed by atoms with E-state index in [2.05, 4.69) is 4.98 Å². The predicted molar refractivity (Wildman–Crippen MR) is 78.6 cm³/mol. The number of nitrogens with zero attached hydrogens (tertiary/aromatic N) is 3. The third-order valence-electron chi connectivity index (χ3n) is 4.10. The molecule has 0 bridgehead atoms. The lowest BCUT2D eigenvalue weighted by molar-refractivity contribution is -0.145. The first-order chi connectivity index (χ1) is 10.0. The van der Waals surface area contributed by atoms with Crippen molar-refractivity contribution in [2.75, 3.05) is 19.7 Å². The van der Waals surface area contributed by atoms with Gasteiger partial charge in [0, 0.05) is 45.1 Å². The molecule has 6 nitrogen and oxygen atoms in total. The standard InChI is InChI=1S/C15H25N3O3/c1-4-21-11(2)15(20)18-8-5-6-12(10-18)13(19)14-16-7-9-17(14)3/h7,9,11-13,19H,4-6,8,10H2,1-3H3. The molecule has 1 aliphatic heterocycles. The van der Waals surface area contributed by atoms with Crippen molar-refractivity contribution in [3.05, 3.63) is 18.2 Å². The fourth-order valence-corrected chi connectivity index (χ4v) is 2.92. The third kappa shape index (κ3) is 3.63. The molecule has 2 heterocycles. The van der Waals surface area contributed by atoms with Crippen LogP contribution in [0.5, 0.6) is 0 Å². The molecular weight excluding hydrogens is 270 g/mol. The summed E-state index contributed by atoms with van der Waals surface area (Å²) in [4.78, 5) is 18.3. The number of carbonyl (C=O) groups excluding carboxylic acids is 1. The van der Waals surface area contributed by atoms with E-state index in [0.29, 0.717) is 19.0 Å². The highest BCUT2D eigenvalue weighted by Gasteiger charge is 2.32. The lowest BCUT2D eigenvalue weighted by Gasteiger charge is -2.36. The number of ether oxygens (including phenoxy) is 1. The van der Waals surface area contributed by atoms with E-state index in [1.807, 2.05) is 24.7 Å². The highest BCUT2D eigenvalue weighted by molar-refractivity contribution is 5.80. The number of likely N-dealkylation sites (tertiary alicyclic amines) is 1. The van der Waals surface area contributed by atoms with Gasteiger partial charge in [-0.25, -0.2) is 4.98 Å². The molecule has 118 valence electrons. The van der Waals surface area contributed by atoms with Crippen LogP contribution in [0, 0.1) is 5.92 Å². The van der Waals surface area contributed by atoms with Crippen molar-refractivity contribution in [1.29, 1.82) is 0 Å². The molecule has 1 N–H and O–H groups in total. The van der Waals surface area contributed by atoms with Gasteiger partial charge in [0.15, 0.2) is 0 Å². The first-order valence-electron chi connectivity index (χ1n) is 7.60. The van der Waals surface area contributed by atoms with E-state index in [9.17, 15) is 9.90 Å². The van der Waals surface area contributed by atoms with E-state index in [0.717, 1.165) is 19.4 Å². The first-order valence-corrected chi connectivity index (χ1v) is 7.60. The van der Waals surface area contributed by atoms with Crippen molar-refractivity contribution >= 4 is 5.91 Å². The van der Waals surface area contributed by atoms with Crippen LogP contribution in [0.2, 0.25) is 0 Å².